The van der Waals surface area contributed by atoms with Crippen molar-refractivity contribution in [3.05, 3.63) is 18.0 Å². The topological polar surface area (TPSA) is 57.8 Å². The van der Waals surface area contributed by atoms with E-state index < -0.39 is 0 Å². The molecule has 0 saturated carbocycles. The Morgan fingerprint density at radius 3 is 3.18 bits per heavy atom. The summed E-state index contributed by atoms with van der Waals surface area (Å²) in [6.07, 6.45) is 4.03. The van der Waals surface area contributed by atoms with Crippen LogP contribution in [0.4, 0.5) is 0 Å². The Hall–Kier alpha value is -1.32. The summed E-state index contributed by atoms with van der Waals surface area (Å²) >= 11 is 0. The second kappa shape index (κ2) is 3.75. The van der Waals surface area contributed by atoms with E-state index in [2.05, 4.69) is 15.5 Å². The number of carbonyl (C=O) groups is 1. The van der Waals surface area contributed by atoms with Crippen molar-refractivity contribution in [3.63, 3.8) is 0 Å². The van der Waals surface area contributed by atoms with Gasteiger partial charge in [-0.25, -0.2) is 0 Å². The molecule has 0 aliphatic heterocycles. The van der Waals surface area contributed by atoms with Crippen molar-refractivity contribution >= 4 is 5.91 Å². The summed E-state index contributed by atoms with van der Waals surface area (Å²) < 4.78 is 0. The van der Waals surface area contributed by atoms with Crippen LogP contribution in [0.1, 0.15) is 23.7 Å². The highest BCUT2D eigenvalue weighted by Gasteiger charge is 2.03. The molecule has 0 unspecified atom stereocenters. The smallest absolute Gasteiger partial charge is 0.254 e. The van der Waals surface area contributed by atoms with Gasteiger partial charge in [-0.3, -0.25) is 9.89 Å². The van der Waals surface area contributed by atoms with Gasteiger partial charge in [0, 0.05) is 12.7 Å². The number of carbonyl (C=O) groups excluding carboxylic acids is 1. The minimum absolute atomic E-state index is 0.0689. The molecule has 0 radical (unpaired) electrons. The largest absolute Gasteiger partial charge is 0.352 e. The van der Waals surface area contributed by atoms with Gasteiger partial charge in [0.05, 0.1) is 11.8 Å². The van der Waals surface area contributed by atoms with Gasteiger partial charge in [-0.2, -0.15) is 5.10 Å². The first-order valence-corrected chi connectivity index (χ1v) is 3.61. The lowest BCUT2D eigenvalue weighted by atomic mass is 10.3. The summed E-state index contributed by atoms with van der Waals surface area (Å²) in [5, 5.41) is 8.98. The van der Waals surface area contributed by atoms with Crippen LogP contribution in [0.15, 0.2) is 12.4 Å². The molecule has 1 rings (SSSR count). The Labute approximate surface area is 65.0 Å². The van der Waals surface area contributed by atoms with Gasteiger partial charge in [0.2, 0.25) is 0 Å². The molecule has 0 spiro atoms. The number of nitrogens with zero attached hydrogens (tertiary/aromatic N) is 1. The van der Waals surface area contributed by atoms with Crippen LogP contribution in [0.25, 0.3) is 0 Å². The second-order valence-corrected chi connectivity index (χ2v) is 2.24. The molecule has 1 heterocycles. The minimum atomic E-state index is -0.0689. The van der Waals surface area contributed by atoms with E-state index in [1.165, 1.54) is 6.20 Å². The van der Waals surface area contributed by atoms with E-state index in [0.29, 0.717) is 12.1 Å². The van der Waals surface area contributed by atoms with Crippen LogP contribution in [0.2, 0.25) is 0 Å². The number of H-pyrrole nitrogens is 1. The average molecular weight is 153 g/mol. The van der Waals surface area contributed by atoms with Crippen molar-refractivity contribution in [3.8, 4) is 0 Å². The molecule has 1 aromatic heterocycles. The van der Waals surface area contributed by atoms with E-state index in [1.54, 1.807) is 6.20 Å². The second-order valence-electron chi connectivity index (χ2n) is 2.24. The molecule has 2 N–H and O–H groups in total. The molecule has 0 aliphatic rings. The first-order chi connectivity index (χ1) is 5.34. The van der Waals surface area contributed by atoms with E-state index in [4.69, 9.17) is 0 Å². The summed E-state index contributed by atoms with van der Waals surface area (Å²) in [5.41, 5.74) is 0.582. The highest BCUT2D eigenvalue weighted by molar-refractivity contribution is 5.93. The monoisotopic (exact) mass is 153 g/mol. The molecule has 0 aliphatic carbocycles. The molecule has 0 saturated heterocycles. The Kier molecular flexibility index (Phi) is 2.66. The summed E-state index contributed by atoms with van der Waals surface area (Å²) in [4.78, 5) is 11.1. The van der Waals surface area contributed by atoms with Crippen LogP contribution in [0, 0.1) is 0 Å². The van der Waals surface area contributed by atoms with Crippen molar-refractivity contribution in [1.82, 2.24) is 15.5 Å². The molecule has 60 valence electrons. The van der Waals surface area contributed by atoms with Crippen LogP contribution in [0.5, 0.6) is 0 Å². The van der Waals surface area contributed by atoms with Gasteiger partial charge in [0.25, 0.3) is 5.91 Å². The minimum Gasteiger partial charge on any atom is -0.352 e. The summed E-state index contributed by atoms with van der Waals surface area (Å²) in [7, 11) is 0. The lowest BCUT2D eigenvalue weighted by Crippen LogP contribution is -2.23. The van der Waals surface area contributed by atoms with E-state index in [-0.39, 0.29) is 5.91 Å². The maximum Gasteiger partial charge on any atom is 0.254 e. The van der Waals surface area contributed by atoms with Crippen LogP contribution in [0.3, 0.4) is 0 Å². The Morgan fingerprint density at radius 1 is 1.82 bits per heavy atom. The molecule has 1 amide bonds. The van der Waals surface area contributed by atoms with E-state index in [9.17, 15) is 4.79 Å². The summed E-state index contributed by atoms with van der Waals surface area (Å²) in [6.45, 7) is 2.72. The Balaban J connectivity index is 2.43. The maximum absolute atomic E-state index is 11.1. The van der Waals surface area contributed by atoms with Crippen LogP contribution < -0.4 is 5.32 Å². The average Bonchev–Trinajstić information content (AvgIpc) is 2.52. The van der Waals surface area contributed by atoms with Crippen molar-refractivity contribution in [2.24, 2.45) is 0 Å². The van der Waals surface area contributed by atoms with Crippen LogP contribution in [-0.4, -0.2) is 22.6 Å². The molecule has 0 atom stereocenters. The van der Waals surface area contributed by atoms with Gasteiger partial charge >= 0.3 is 0 Å². The quantitative estimate of drug-likeness (QED) is 0.666. The zero-order valence-corrected chi connectivity index (χ0v) is 6.42. The predicted molar refractivity (Wildman–Crippen MR) is 41.2 cm³/mol. The summed E-state index contributed by atoms with van der Waals surface area (Å²) in [5.74, 6) is -0.0689. The number of aromatic nitrogens is 2. The van der Waals surface area contributed by atoms with E-state index in [0.717, 1.165) is 6.42 Å². The van der Waals surface area contributed by atoms with Crippen molar-refractivity contribution in [1.29, 1.82) is 0 Å². The molecule has 11 heavy (non-hydrogen) atoms. The van der Waals surface area contributed by atoms with Crippen molar-refractivity contribution in [2.45, 2.75) is 13.3 Å². The van der Waals surface area contributed by atoms with Gasteiger partial charge in [0.15, 0.2) is 0 Å². The van der Waals surface area contributed by atoms with Gasteiger partial charge in [-0.05, 0) is 6.42 Å². The normalized spacial score (nSPS) is 9.55. The zero-order valence-electron chi connectivity index (χ0n) is 6.42. The van der Waals surface area contributed by atoms with Gasteiger partial charge in [-0.1, -0.05) is 6.92 Å². The van der Waals surface area contributed by atoms with Crippen LogP contribution in [-0.2, 0) is 0 Å². The highest BCUT2D eigenvalue weighted by Crippen LogP contribution is 1.92. The third-order valence-electron chi connectivity index (χ3n) is 1.30. The van der Waals surface area contributed by atoms with Gasteiger partial charge < -0.3 is 5.32 Å². The van der Waals surface area contributed by atoms with Gasteiger partial charge in [0.1, 0.15) is 0 Å². The van der Waals surface area contributed by atoms with Crippen molar-refractivity contribution < 1.29 is 4.79 Å². The lowest BCUT2D eigenvalue weighted by Gasteiger charge is -1.98. The fourth-order valence-corrected chi connectivity index (χ4v) is 0.716. The van der Waals surface area contributed by atoms with Crippen molar-refractivity contribution in [2.75, 3.05) is 6.54 Å². The molecular formula is C7H11N3O. The number of aromatic amines is 1. The van der Waals surface area contributed by atoms with E-state index in [1.807, 2.05) is 6.92 Å². The molecule has 0 aromatic carbocycles. The highest BCUT2D eigenvalue weighted by atomic mass is 16.1. The fraction of sp³-hybridized carbons (Fsp3) is 0.429. The van der Waals surface area contributed by atoms with Crippen LogP contribution >= 0.6 is 0 Å². The fourth-order valence-electron chi connectivity index (χ4n) is 0.716. The number of hydrogen-bond acceptors (Lipinski definition) is 2. The first-order valence-electron chi connectivity index (χ1n) is 3.61. The molecule has 4 heteroatoms. The lowest BCUT2D eigenvalue weighted by molar-refractivity contribution is 0.0954. The third kappa shape index (κ3) is 2.07. The molecule has 0 fully saturated rings. The number of hydrogen-bond donors (Lipinski definition) is 2. The first kappa shape index (κ1) is 7.78. The SMILES string of the molecule is CCCNC(=O)c1cn[nH]c1. The molecular weight excluding hydrogens is 142 g/mol. The third-order valence-corrected chi connectivity index (χ3v) is 1.30. The zero-order chi connectivity index (χ0) is 8.10. The number of nitrogens with one attached hydrogen (secondary N) is 2. The Bertz CT molecular complexity index is 218. The summed E-state index contributed by atoms with van der Waals surface area (Å²) in [6, 6.07) is 0. The predicted octanol–water partition coefficient (Wildman–Crippen LogP) is 0.549. The molecule has 1 aromatic rings. The Morgan fingerprint density at radius 2 is 2.64 bits per heavy atom. The molecule has 4 nitrogen and oxygen atoms in total. The standard InChI is InChI=1S/C7H11N3O/c1-2-3-8-7(11)6-4-9-10-5-6/h4-5H,2-3H2,1H3,(H,8,11)(H,9,10). The number of rotatable bonds is 3. The van der Waals surface area contributed by atoms with Gasteiger partial charge in [-0.15, -0.1) is 0 Å². The van der Waals surface area contributed by atoms with E-state index >= 15 is 0 Å². The number of amides is 1. The maximum atomic E-state index is 11.1. The molecule has 0 bridgehead atoms.